The lowest BCUT2D eigenvalue weighted by Crippen LogP contribution is -2.35. The summed E-state index contributed by atoms with van der Waals surface area (Å²) in [4.78, 5) is 28.9. The molecule has 0 N–H and O–H groups in total. The van der Waals surface area contributed by atoms with Gasteiger partial charge in [-0.15, -0.1) is 0 Å². The monoisotopic (exact) mass is 593 g/mol. The fourth-order valence-corrected chi connectivity index (χ4v) is 6.07. The molecule has 0 spiro atoms. The number of nitrogens with zero attached hydrogens (tertiary/aromatic N) is 4. The van der Waals surface area contributed by atoms with E-state index in [0.29, 0.717) is 11.1 Å². The van der Waals surface area contributed by atoms with E-state index in [1.165, 1.54) is 0 Å². The first kappa shape index (κ1) is 29.6. The quantitative estimate of drug-likeness (QED) is 0.0978. The molecule has 0 amide bonds. The first-order chi connectivity index (χ1) is 21.9. The Bertz CT molecular complexity index is 1980. The summed E-state index contributed by atoms with van der Waals surface area (Å²) in [6.07, 6.45) is 10.4. The molecule has 0 unspecified atom stereocenters. The number of ketones is 2. The molecule has 0 aliphatic carbocycles. The third-order valence-corrected chi connectivity index (χ3v) is 8.21. The van der Waals surface area contributed by atoms with E-state index in [4.69, 9.17) is 0 Å². The van der Waals surface area contributed by atoms with Gasteiger partial charge in [0.05, 0.1) is 17.9 Å². The van der Waals surface area contributed by atoms with Crippen molar-refractivity contribution in [1.29, 1.82) is 0 Å². The number of carbonyl (C=O) groups excluding carboxylic acids is 2. The number of aromatic nitrogens is 2. The molecule has 5 aromatic rings. The number of para-hydroxylation sites is 2. The number of allylic oxidation sites excluding steroid dienone is 4. The van der Waals surface area contributed by atoms with Crippen molar-refractivity contribution in [2.24, 2.45) is 0 Å². The highest BCUT2D eigenvalue weighted by atomic mass is 16.1. The number of anilines is 3. The molecule has 1 aliphatic heterocycles. The van der Waals surface area contributed by atoms with E-state index < -0.39 is 0 Å². The molecular formula is C39H37N4O2+. The molecule has 1 aromatic heterocycles. The lowest BCUT2D eigenvalue weighted by atomic mass is 10.1. The molecule has 0 radical (unpaired) electrons. The summed E-state index contributed by atoms with van der Waals surface area (Å²) in [7, 11) is 0. The van der Waals surface area contributed by atoms with Gasteiger partial charge in [0, 0.05) is 35.5 Å². The highest BCUT2D eigenvalue weighted by Crippen LogP contribution is 2.46. The van der Waals surface area contributed by atoms with Crippen molar-refractivity contribution < 1.29 is 14.2 Å². The minimum atomic E-state index is 0.0531. The molecule has 0 saturated heterocycles. The smallest absolute Gasteiger partial charge is 0.287 e. The van der Waals surface area contributed by atoms with Crippen LogP contribution < -0.4 is 14.4 Å². The maximum absolute atomic E-state index is 12.2. The summed E-state index contributed by atoms with van der Waals surface area (Å²) < 4.78 is 4.48. The third kappa shape index (κ3) is 5.51. The number of carbonyl (C=O) groups is 2. The van der Waals surface area contributed by atoms with Crippen LogP contribution in [0.2, 0.25) is 0 Å². The summed E-state index contributed by atoms with van der Waals surface area (Å²) in [5.41, 5.74) is 7.65. The van der Waals surface area contributed by atoms with Crippen LogP contribution in [0.5, 0.6) is 0 Å². The molecule has 0 saturated carbocycles. The molecule has 4 aromatic carbocycles. The molecule has 2 heterocycles. The van der Waals surface area contributed by atoms with Gasteiger partial charge in [0.15, 0.2) is 22.6 Å². The third-order valence-electron chi connectivity index (χ3n) is 8.21. The number of hydrogen-bond donors (Lipinski definition) is 0. The fourth-order valence-electron chi connectivity index (χ4n) is 6.07. The van der Waals surface area contributed by atoms with Gasteiger partial charge in [-0.1, -0.05) is 54.6 Å². The predicted molar refractivity (Wildman–Crippen MR) is 183 cm³/mol. The molecule has 6 nitrogen and oxygen atoms in total. The predicted octanol–water partition coefficient (Wildman–Crippen LogP) is 8.43. The average molecular weight is 594 g/mol. The summed E-state index contributed by atoms with van der Waals surface area (Å²) in [5, 5.41) is 0. The number of aryl methyl sites for hydroxylation is 1. The van der Waals surface area contributed by atoms with Gasteiger partial charge in [-0.2, -0.15) is 4.57 Å². The average Bonchev–Trinajstić information content (AvgIpc) is 3.55. The minimum Gasteiger partial charge on any atom is -0.326 e. The Morgan fingerprint density at radius 2 is 1.36 bits per heavy atom. The van der Waals surface area contributed by atoms with Crippen molar-refractivity contribution in [3.05, 3.63) is 144 Å². The maximum atomic E-state index is 12.2. The second kappa shape index (κ2) is 12.6. The lowest BCUT2D eigenvalue weighted by Gasteiger charge is -2.24. The number of rotatable bonds is 9. The van der Waals surface area contributed by atoms with Crippen LogP contribution in [0, 0.1) is 0 Å². The Balaban J connectivity index is 1.41. The topological polar surface area (TPSA) is 49.4 Å². The van der Waals surface area contributed by atoms with Crippen LogP contribution in [-0.4, -0.2) is 22.7 Å². The van der Waals surface area contributed by atoms with Crippen LogP contribution in [0.15, 0.2) is 127 Å². The number of benzene rings is 4. The van der Waals surface area contributed by atoms with E-state index in [9.17, 15) is 9.59 Å². The van der Waals surface area contributed by atoms with E-state index in [1.54, 1.807) is 13.8 Å². The number of hydrogen-bond acceptors (Lipinski definition) is 4. The summed E-state index contributed by atoms with van der Waals surface area (Å²) in [6.45, 7) is 8.97. The minimum absolute atomic E-state index is 0.0531. The number of imidazole rings is 1. The van der Waals surface area contributed by atoms with Gasteiger partial charge in [0.25, 0.3) is 5.82 Å². The van der Waals surface area contributed by atoms with Gasteiger partial charge in [-0.3, -0.25) is 14.5 Å². The molecule has 0 atom stereocenters. The standard InChI is InChI=1S/C39H37N4O2/c1-5-40-36-26-30(28(3)44)22-24-34(36)42(32-16-10-7-11-17-32)38(40)20-14-9-15-21-39-41(6-2)37-27-31(29(4)45)23-25-35(37)43(39)33-18-12-8-13-19-33/h7-27H,5-6H2,1-4H3/q+1. The molecule has 45 heavy (non-hydrogen) atoms. The van der Waals surface area contributed by atoms with Crippen LogP contribution in [-0.2, 0) is 6.54 Å². The van der Waals surface area contributed by atoms with Crippen LogP contribution in [0.1, 0.15) is 54.2 Å². The molecular weight excluding hydrogens is 556 g/mol. The van der Waals surface area contributed by atoms with Crippen LogP contribution in [0.4, 0.5) is 17.1 Å². The van der Waals surface area contributed by atoms with Crippen LogP contribution >= 0.6 is 0 Å². The Hall–Kier alpha value is -5.49. The first-order valence-corrected chi connectivity index (χ1v) is 15.4. The van der Waals surface area contributed by atoms with E-state index >= 15 is 0 Å². The normalized spacial score (nSPS) is 13.9. The van der Waals surface area contributed by atoms with Crippen LogP contribution in [0.25, 0.3) is 22.8 Å². The van der Waals surface area contributed by atoms with Crippen molar-refractivity contribution >= 4 is 45.7 Å². The molecule has 0 bridgehead atoms. The second-order valence-corrected chi connectivity index (χ2v) is 11.0. The van der Waals surface area contributed by atoms with Crippen molar-refractivity contribution in [2.75, 3.05) is 16.3 Å². The Labute approximate surface area is 264 Å². The number of fused-ring (bicyclic) bond motifs is 2. The van der Waals surface area contributed by atoms with Crippen molar-refractivity contribution in [1.82, 2.24) is 4.57 Å². The van der Waals surface area contributed by atoms with Gasteiger partial charge < -0.3 is 4.90 Å². The van der Waals surface area contributed by atoms with Crippen molar-refractivity contribution in [3.8, 4) is 5.69 Å². The van der Waals surface area contributed by atoms with Crippen molar-refractivity contribution in [2.45, 2.75) is 34.2 Å². The summed E-state index contributed by atoms with van der Waals surface area (Å²) >= 11 is 0. The zero-order chi connectivity index (χ0) is 31.5. The Morgan fingerprint density at radius 3 is 2.00 bits per heavy atom. The summed E-state index contributed by atoms with van der Waals surface area (Å²) in [6, 6.07) is 32.5. The maximum Gasteiger partial charge on any atom is 0.287 e. The fraction of sp³-hybridized carbons (Fsp3) is 0.154. The lowest BCUT2D eigenvalue weighted by molar-refractivity contribution is -0.670. The zero-order valence-electron chi connectivity index (χ0n) is 26.1. The largest absolute Gasteiger partial charge is 0.326 e. The van der Waals surface area contributed by atoms with Gasteiger partial charge in [0.2, 0.25) is 0 Å². The zero-order valence-corrected chi connectivity index (χ0v) is 26.1. The first-order valence-electron chi connectivity index (χ1n) is 15.4. The van der Waals surface area contributed by atoms with E-state index in [1.807, 2.05) is 78.9 Å². The van der Waals surface area contributed by atoms with Gasteiger partial charge in [0.1, 0.15) is 11.5 Å². The summed E-state index contributed by atoms with van der Waals surface area (Å²) in [5.74, 6) is 2.14. The van der Waals surface area contributed by atoms with E-state index in [0.717, 1.165) is 58.5 Å². The van der Waals surface area contributed by atoms with Gasteiger partial charge in [-0.05, 0) is 88.4 Å². The molecule has 0 fully saturated rings. The Morgan fingerprint density at radius 1 is 0.711 bits per heavy atom. The highest BCUT2D eigenvalue weighted by Gasteiger charge is 2.31. The highest BCUT2D eigenvalue weighted by molar-refractivity contribution is 5.99. The Kier molecular flexibility index (Phi) is 8.30. The van der Waals surface area contributed by atoms with Crippen molar-refractivity contribution in [3.63, 3.8) is 0 Å². The van der Waals surface area contributed by atoms with Gasteiger partial charge in [-0.25, -0.2) is 4.57 Å². The second-order valence-electron chi connectivity index (χ2n) is 11.0. The SMILES string of the molecule is CCN1\C(=C/C=C/C=C/c2n(-c3ccccc3)c3ccc(C(C)=O)cc3[n+]2CC)N(c2ccccc2)c2ccc(C(C)=O)cc21. The van der Waals surface area contributed by atoms with Gasteiger partial charge >= 0.3 is 0 Å². The molecule has 224 valence electrons. The molecule has 6 heteroatoms. The molecule has 1 aliphatic rings. The van der Waals surface area contributed by atoms with Crippen LogP contribution in [0.3, 0.4) is 0 Å². The van der Waals surface area contributed by atoms with E-state index in [-0.39, 0.29) is 11.6 Å². The molecule has 6 rings (SSSR count). The number of Topliss-reactive ketones (excluding diaryl/α,β-unsaturated/α-hetero) is 2. The van der Waals surface area contributed by atoms with E-state index in [2.05, 4.69) is 81.4 Å².